The van der Waals surface area contributed by atoms with Gasteiger partial charge in [-0.25, -0.2) is 4.79 Å². The number of hydrogen-bond donors (Lipinski definition) is 2. The van der Waals surface area contributed by atoms with Gasteiger partial charge in [0, 0.05) is 4.90 Å². The molecule has 2 rings (SSSR count). The van der Waals surface area contributed by atoms with E-state index in [9.17, 15) is 4.79 Å². The highest BCUT2D eigenvalue weighted by Crippen LogP contribution is 2.22. The largest absolute Gasteiger partial charge is 0.478 e. The summed E-state index contributed by atoms with van der Waals surface area (Å²) in [5, 5.41) is 10.8. The van der Waals surface area contributed by atoms with Crippen LogP contribution in [0.3, 0.4) is 0 Å². The molecular formula is C11H8O2S. The average Bonchev–Trinajstić information content (AvgIpc) is 2.16. The highest BCUT2D eigenvalue weighted by Gasteiger charge is 2.08. The van der Waals surface area contributed by atoms with Gasteiger partial charge in [-0.15, -0.1) is 12.6 Å². The molecule has 0 radical (unpaired) electrons. The molecule has 2 aromatic rings. The minimum atomic E-state index is -0.944. The minimum Gasteiger partial charge on any atom is -0.478 e. The maximum atomic E-state index is 10.8. The van der Waals surface area contributed by atoms with Crippen molar-refractivity contribution in [1.29, 1.82) is 0 Å². The van der Waals surface area contributed by atoms with E-state index in [0.29, 0.717) is 4.90 Å². The van der Waals surface area contributed by atoms with Crippen LogP contribution in [0.2, 0.25) is 0 Å². The van der Waals surface area contributed by atoms with Crippen molar-refractivity contribution in [1.82, 2.24) is 0 Å². The van der Waals surface area contributed by atoms with E-state index in [0.717, 1.165) is 10.8 Å². The number of hydrogen-bond acceptors (Lipinski definition) is 2. The molecule has 0 aliphatic heterocycles. The molecule has 0 bridgehead atoms. The highest BCUT2D eigenvalue weighted by molar-refractivity contribution is 7.80. The number of rotatable bonds is 1. The van der Waals surface area contributed by atoms with Gasteiger partial charge in [-0.2, -0.15) is 0 Å². The Balaban J connectivity index is 2.77. The number of carboxylic acid groups (broad SMARTS) is 1. The number of carbonyl (C=O) groups is 1. The lowest BCUT2D eigenvalue weighted by Crippen LogP contribution is -1.97. The lowest BCUT2D eigenvalue weighted by molar-refractivity contribution is 0.0693. The Kier molecular flexibility index (Phi) is 2.17. The van der Waals surface area contributed by atoms with Crippen molar-refractivity contribution in [3.8, 4) is 0 Å². The standard InChI is InChI=1S/C11H8O2S/c12-11(13)9-5-7-3-1-2-4-8(7)6-10(9)14/h1-6,14H,(H,12,13). The van der Waals surface area contributed by atoms with Gasteiger partial charge in [0.05, 0.1) is 5.56 Å². The smallest absolute Gasteiger partial charge is 0.336 e. The molecule has 1 N–H and O–H groups in total. The zero-order valence-electron chi connectivity index (χ0n) is 7.27. The van der Waals surface area contributed by atoms with Crippen LogP contribution < -0.4 is 0 Å². The first-order valence-electron chi connectivity index (χ1n) is 4.13. The SMILES string of the molecule is O=C(O)c1cc2ccccc2cc1S. The predicted molar refractivity (Wildman–Crippen MR) is 58.2 cm³/mol. The number of fused-ring (bicyclic) bond motifs is 1. The van der Waals surface area contributed by atoms with Crippen LogP contribution in [0, 0.1) is 0 Å². The summed E-state index contributed by atoms with van der Waals surface area (Å²) in [6.45, 7) is 0. The minimum absolute atomic E-state index is 0.243. The van der Waals surface area contributed by atoms with E-state index in [1.165, 1.54) is 0 Å². The summed E-state index contributed by atoms with van der Waals surface area (Å²) < 4.78 is 0. The topological polar surface area (TPSA) is 37.3 Å². The van der Waals surface area contributed by atoms with Crippen LogP contribution in [0.4, 0.5) is 0 Å². The zero-order chi connectivity index (χ0) is 10.1. The summed E-state index contributed by atoms with van der Waals surface area (Å²) in [5.41, 5.74) is 0.243. The fraction of sp³-hybridized carbons (Fsp3) is 0. The van der Waals surface area contributed by atoms with Gasteiger partial charge in [0.2, 0.25) is 0 Å². The van der Waals surface area contributed by atoms with Crippen LogP contribution in [-0.4, -0.2) is 11.1 Å². The second-order valence-corrected chi connectivity index (χ2v) is 3.50. The Labute approximate surface area is 86.6 Å². The quantitative estimate of drug-likeness (QED) is 0.701. The zero-order valence-corrected chi connectivity index (χ0v) is 8.16. The lowest BCUT2D eigenvalue weighted by atomic mass is 10.1. The molecule has 0 spiro atoms. The predicted octanol–water partition coefficient (Wildman–Crippen LogP) is 2.83. The Morgan fingerprint density at radius 3 is 2.29 bits per heavy atom. The fourth-order valence-electron chi connectivity index (χ4n) is 1.40. The summed E-state index contributed by atoms with van der Waals surface area (Å²) in [5.74, 6) is -0.944. The summed E-state index contributed by atoms with van der Waals surface area (Å²) in [4.78, 5) is 11.3. The highest BCUT2D eigenvalue weighted by atomic mass is 32.1. The maximum absolute atomic E-state index is 10.8. The van der Waals surface area contributed by atoms with Crippen molar-refractivity contribution in [2.75, 3.05) is 0 Å². The molecule has 2 nitrogen and oxygen atoms in total. The van der Waals surface area contributed by atoms with Gasteiger partial charge in [0.15, 0.2) is 0 Å². The van der Waals surface area contributed by atoms with Crippen LogP contribution in [-0.2, 0) is 0 Å². The van der Waals surface area contributed by atoms with Crippen LogP contribution in [0.1, 0.15) is 10.4 Å². The Hall–Kier alpha value is -1.48. The molecule has 0 aliphatic carbocycles. The number of carboxylic acids is 1. The first-order chi connectivity index (χ1) is 6.68. The van der Waals surface area contributed by atoms with Crippen LogP contribution in [0.5, 0.6) is 0 Å². The lowest BCUT2D eigenvalue weighted by Gasteiger charge is -2.02. The second-order valence-electron chi connectivity index (χ2n) is 3.02. The summed E-state index contributed by atoms with van der Waals surface area (Å²) >= 11 is 4.13. The van der Waals surface area contributed by atoms with Gasteiger partial charge in [-0.3, -0.25) is 0 Å². The van der Waals surface area contributed by atoms with Crippen molar-refractivity contribution < 1.29 is 9.90 Å². The van der Waals surface area contributed by atoms with Crippen molar-refractivity contribution in [2.24, 2.45) is 0 Å². The van der Waals surface area contributed by atoms with Crippen LogP contribution in [0.15, 0.2) is 41.3 Å². The molecule has 14 heavy (non-hydrogen) atoms. The van der Waals surface area contributed by atoms with E-state index >= 15 is 0 Å². The van der Waals surface area contributed by atoms with Gasteiger partial charge in [-0.05, 0) is 22.9 Å². The Bertz CT molecular complexity index is 506. The van der Waals surface area contributed by atoms with Crippen LogP contribution >= 0.6 is 12.6 Å². The first-order valence-corrected chi connectivity index (χ1v) is 4.58. The van der Waals surface area contributed by atoms with Gasteiger partial charge >= 0.3 is 5.97 Å². The summed E-state index contributed by atoms with van der Waals surface area (Å²) in [7, 11) is 0. The molecule has 0 atom stereocenters. The van der Waals surface area contributed by atoms with E-state index in [2.05, 4.69) is 12.6 Å². The molecule has 0 amide bonds. The van der Waals surface area contributed by atoms with Gasteiger partial charge < -0.3 is 5.11 Å². The van der Waals surface area contributed by atoms with Gasteiger partial charge in [0.25, 0.3) is 0 Å². The van der Waals surface area contributed by atoms with Crippen molar-refractivity contribution >= 4 is 29.4 Å². The second kappa shape index (κ2) is 3.35. The van der Waals surface area contributed by atoms with E-state index < -0.39 is 5.97 Å². The molecule has 0 unspecified atom stereocenters. The van der Waals surface area contributed by atoms with Crippen molar-refractivity contribution in [3.63, 3.8) is 0 Å². The van der Waals surface area contributed by atoms with Crippen molar-refractivity contribution in [2.45, 2.75) is 4.90 Å². The number of thiol groups is 1. The third kappa shape index (κ3) is 1.46. The molecule has 2 aromatic carbocycles. The number of benzene rings is 2. The van der Waals surface area contributed by atoms with Gasteiger partial charge in [0.1, 0.15) is 0 Å². The molecular weight excluding hydrogens is 196 g/mol. The molecule has 0 saturated carbocycles. The Morgan fingerprint density at radius 2 is 1.71 bits per heavy atom. The summed E-state index contributed by atoms with van der Waals surface area (Å²) in [6, 6.07) is 11.0. The molecule has 0 heterocycles. The van der Waals surface area contributed by atoms with Crippen molar-refractivity contribution in [3.05, 3.63) is 42.0 Å². The third-order valence-electron chi connectivity index (χ3n) is 2.09. The first kappa shape index (κ1) is 9.09. The normalized spacial score (nSPS) is 10.4. The van der Waals surface area contributed by atoms with E-state index in [1.54, 1.807) is 12.1 Å². The fourth-order valence-corrected chi connectivity index (χ4v) is 1.70. The maximum Gasteiger partial charge on any atom is 0.336 e. The van der Waals surface area contributed by atoms with E-state index in [1.807, 2.05) is 24.3 Å². The number of aromatic carboxylic acids is 1. The molecule has 0 aromatic heterocycles. The molecule has 0 fully saturated rings. The molecule has 0 saturated heterocycles. The summed E-state index contributed by atoms with van der Waals surface area (Å²) in [6.07, 6.45) is 0. The molecule has 70 valence electrons. The van der Waals surface area contributed by atoms with Crippen LogP contribution in [0.25, 0.3) is 10.8 Å². The van der Waals surface area contributed by atoms with E-state index in [-0.39, 0.29) is 5.56 Å². The third-order valence-corrected chi connectivity index (χ3v) is 2.46. The monoisotopic (exact) mass is 204 g/mol. The molecule has 3 heteroatoms. The van der Waals surface area contributed by atoms with E-state index in [4.69, 9.17) is 5.11 Å². The average molecular weight is 204 g/mol. The Morgan fingerprint density at radius 1 is 1.14 bits per heavy atom. The molecule has 0 aliphatic rings. The van der Waals surface area contributed by atoms with Gasteiger partial charge in [-0.1, -0.05) is 24.3 Å².